The normalized spacial score (nSPS) is 11.8. The molecule has 0 aromatic carbocycles. The molecule has 0 fully saturated rings. The summed E-state index contributed by atoms with van der Waals surface area (Å²) in [6, 6.07) is 5.51. The molecule has 0 aliphatic carbocycles. The van der Waals surface area contributed by atoms with Crippen molar-refractivity contribution in [2.75, 3.05) is 18.5 Å². The Morgan fingerprint density at radius 3 is 3.00 bits per heavy atom. The van der Waals surface area contributed by atoms with Crippen LogP contribution in [0.3, 0.4) is 0 Å². The summed E-state index contributed by atoms with van der Waals surface area (Å²) in [4.78, 5) is 4.15. The topological polar surface area (TPSA) is 68.9 Å². The van der Waals surface area contributed by atoms with Crippen LogP contribution in [0, 0.1) is 17.2 Å². The summed E-state index contributed by atoms with van der Waals surface area (Å²) in [5.41, 5.74) is 0.608. The second-order valence-electron chi connectivity index (χ2n) is 4.09. The van der Waals surface area contributed by atoms with Crippen LogP contribution >= 0.6 is 0 Å². The molecule has 0 aliphatic rings. The van der Waals surface area contributed by atoms with E-state index in [-0.39, 0.29) is 6.61 Å². The van der Waals surface area contributed by atoms with Gasteiger partial charge in [-0.2, -0.15) is 5.26 Å². The molecule has 0 radical (unpaired) electrons. The average molecular weight is 233 g/mol. The molecule has 1 unspecified atom stereocenters. The van der Waals surface area contributed by atoms with Crippen molar-refractivity contribution in [1.82, 2.24) is 4.98 Å². The number of rotatable bonds is 7. The number of hydrogen-bond donors (Lipinski definition) is 2. The van der Waals surface area contributed by atoms with Gasteiger partial charge in [-0.15, -0.1) is 0 Å². The Balaban J connectivity index is 2.49. The first-order valence-electron chi connectivity index (χ1n) is 6.01. The van der Waals surface area contributed by atoms with Crippen LogP contribution in [0.1, 0.15) is 31.7 Å². The Hall–Kier alpha value is -1.60. The molecule has 0 aliphatic heterocycles. The van der Waals surface area contributed by atoms with Crippen molar-refractivity contribution in [2.24, 2.45) is 5.92 Å². The third kappa shape index (κ3) is 4.83. The second-order valence-corrected chi connectivity index (χ2v) is 4.09. The van der Waals surface area contributed by atoms with Crippen molar-refractivity contribution in [3.8, 4) is 6.07 Å². The highest BCUT2D eigenvalue weighted by Gasteiger charge is 2.07. The standard InChI is InChI=1S/C13H19N3O/c1-2-3-11(5-7-17)10-16-13-8-12(9-14)4-6-15-13/h4,6,8,11,17H,2-3,5,7,10H2,1H3,(H,15,16). The lowest BCUT2D eigenvalue weighted by molar-refractivity contribution is 0.255. The summed E-state index contributed by atoms with van der Waals surface area (Å²) < 4.78 is 0. The average Bonchev–Trinajstić information content (AvgIpc) is 2.37. The van der Waals surface area contributed by atoms with Crippen LogP contribution in [0.25, 0.3) is 0 Å². The van der Waals surface area contributed by atoms with Crippen LogP contribution in [-0.2, 0) is 0 Å². The van der Waals surface area contributed by atoms with E-state index in [1.54, 1.807) is 18.3 Å². The van der Waals surface area contributed by atoms with Gasteiger partial charge in [0.2, 0.25) is 0 Å². The minimum absolute atomic E-state index is 0.220. The molecule has 1 heterocycles. The van der Waals surface area contributed by atoms with E-state index in [1.165, 1.54) is 0 Å². The molecule has 0 spiro atoms. The molecule has 1 rings (SSSR count). The van der Waals surface area contributed by atoms with Crippen LogP contribution in [0.2, 0.25) is 0 Å². The number of aliphatic hydroxyl groups excluding tert-OH is 1. The molecule has 2 N–H and O–H groups in total. The van der Waals surface area contributed by atoms with Crippen molar-refractivity contribution in [3.63, 3.8) is 0 Å². The fourth-order valence-electron chi connectivity index (χ4n) is 1.78. The van der Waals surface area contributed by atoms with Gasteiger partial charge in [0.25, 0.3) is 0 Å². The number of hydrogen-bond acceptors (Lipinski definition) is 4. The monoisotopic (exact) mass is 233 g/mol. The molecule has 4 heteroatoms. The Bertz CT molecular complexity index is 367. The minimum Gasteiger partial charge on any atom is -0.396 e. The molecule has 1 aromatic rings. The molecule has 0 amide bonds. The molecule has 1 atom stereocenters. The number of anilines is 1. The van der Waals surface area contributed by atoms with E-state index in [4.69, 9.17) is 10.4 Å². The summed E-state index contributed by atoms with van der Waals surface area (Å²) in [5.74, 6) is 1.18. The van der Waals surface area contributed by atoms with E-state index in [0.717, 1.165) is 31.6 Å². The molecule has 1 aromatic heterocycles. The highest BCUT2D eigenvalue weighted by Crippen LogP contribution is 2.13. The van der Waals surface area contributed by atoms with Gasteiger partial charge in [-0.25, -0.2) is 4.98 Å². The first-order chi connectivity index (χ1) is 8.30. The lowest BCUT2D eigenvalue weighted by atomic mass is 10.0. The number of nitrogens with zero attached hydrogens (tertiary/aromatic N) is 2. The van der Waals surface area contributed by atoms with E-state index < -0.39 is 0 Å². The molecule has 4 nitrogen and oxygen atoms in total. The summed E-state index contributed by atoms with van der Waals surface area (Å²) >= 11 is 0. The lowest BCUT2D eigenvalue weighted by Gasteiger charge is -2.15. The van der Waals surface area contributed by atoms with E-state index >= 15 is 0 Å². The van der Waals surface area contributed by atoms with Crippen molar-refractivity contribution in [1.29, 1.82) is 5.26 Å². The van der Waals surface area contributed by atoms with Gasteiger partial charge < -0.3 is 10.4 Å². The Kier molecular flexibility index (Phi) is 6.05. The molecule has 0 bridgehead atoms. The summed E-state index contributed by atoms with van der Waals surface area (Å²) in [5, 5.41) is 20.9. The quantitative estimate of drug-likeness (QED) is 0.757. The highest BCUT2D eigenvalue weighted by molar-refractivity contribution is 5.42. The van der Waals surface area contributed by atoms with Gasteiger partial charge in [-0.3, -0.25) is 0 Å². The van der Waals surface area contributed by atoms with Crippen molar-refractivity contribution in [3.05, 3.63) is 23.9 Å². The maximum atomic E-state index is 8.96. The van der Waals surface area contributed by atoms with Gasteiger partial charge in [0.1, 0.15) is 5.82 Å². The maximum absolute atomic E-state index is 8.96. The van der Waals surface area contributed by atoms with Crippen LogP contribution in [0.4, 0.5) is 5.82 Å². The van der Waals surface area contributed by atoms with Crippen molar-refractivity contribution in [2.45, 2.75) is 26.2 Å². The van der Waals surface area contributed by atoms with Gasteiger partial charge in [-0.1, -0.05) is 13.3 Å². The van der Waals surface area contributed by atoms with Crippen molar-refractivity contribution >= 4 is 5.82 Å². The number of pyridine rings is 1. The first-order valence-corrected chi connectivity index (χ1v) is 6.01. The molecule has 0 saturated heterocycles. The largest absolute Gasteiger partial charge is 0.396 e. The van der Waals surface area contributed by atoms with Crippen LogP contribution in [-0.4, -0.2) is 23.2 Å². The second kappa shape index (κ2) is 7.64. The number of nitrogens with one attached hydrogen (secondary N) is 1. The van der Waals surface area contributed by atoms with Crippen molar-refractivity contribution < 1.29 is 5.11 Å². The molecule has 0 saturated carbocycles. The zero-order valence-corrected chi connectivity index (χ0v) is 10.2. The van der Waals surface area contributed by atoms with Gasteiger partial charge in [0.15, 0.2) is 0 Å². The number of aromatic nitrogens is 1. The summed E-state index contributed by atoms with van der Waals surface area (Å²) in [6.45, 7) is 3.15. The number of aliphatic hydroxyl groups is 1. The van der Waals surface area contributed by atoms with E-state index in [1.807, 2.05) is 0 Å². The zero-order valence-electron chi connectivity index (χ0n) is 10.2. The predicted octanol–water partition coefficient (Wildman–Crippen LogP) is 2.16. The van der Waals surface area contributed by atoms with E-state index in [9.17, 15) is 0 Å². The minimum atomic E-state index is 0.220. The van der Waals surface area contributed by atoms with E-state index in [2.05, 4.69) is 23.3 Å². The fraction of sp³-hybridized carbons (Fsp3) is 0.538. The van der Waals surface area contributed by atoms with E-state index in [0.29, 0.717) is 11.5 Å². The summed E-state index contributed by atoms with van der Waals surface area (Å²) in [7, 11) is 0. The molecular formula is C13H19N3O. The van der Waals surface area contributed by atoms with Gasteiger partial charge >= 0.3 is 0 Å². The molecular weight excluding hydrogens is 214 g/mol. The van der Waals surface area contributed by atoms with Crippen LogP contribution < -0.4 is 5.32 Å². The molecule has 17 heavy (non-hydrogen) atoms. The fourth-order valence-corrected chi connectivity index (χ4v) is 1.78. The van der Waals surface area contributed by atoms with Crippen LogP contribution in [0.5, 0.6) is 0 Å². The Morgan fingerprint density at radius 2 is 2.35 bits per heavy atom. The Morgan fingerprint density at radius 1 is 1.53 bits per heavy atom. The third-order valence-electron chi connectivity index (χ3n) is 2.70. The number of nitriles is 1. The SMILES string of the molecule is CCCC(CCO)CNc1cc(C#N)ccn1. The van der Waals surface area contributed by atoms with Gasteiger partial charge in [-0.05, 0) is 30.9 Å². The first kappa shape index (κ1) is 13.5. The molecule has 92 valence electrons. The van der Waals surface area contributed by atoms with Gasteiger partial charge in [0, 0.05) is 19.3 Å². The predicted molar refractivity (Wildman–Crippen MR) is 67.5 cm³/mol. The smallest absolute Gasteiger partial charge is 0.127 e. The van der Waals surface area contributed by atoms with Crippen LogP contribution in [0.15, 0.2) is 18.3 Å². The zero-order chi connectivity index (χ0) is 12.5. The third-order valence-corrected chi connectivity index (χ3v) is 2.70. The van der Waals surface area contributed by atoms with Gasteiger partial charge in [0.05, 0.1) is 11.6 Å². The Labute approximate surface area is 102 Å². The lowest BCUT2D eigenvalue weighted by Crippen LogP contribution is -2.16. The summed E-state index contributed by atoms with van der Waals surface area (Å²) in [6.07, 6.45) is 4.63. The highest BCUT2D eigenvalue weighted by atomic mass is 16.3. The maximum Gasteiger partial charge on any atom is 0.127 e.